The topological polar surface area (TPSA) is 64.4 Å². The fourth-order valence-corrected chi connectivity index (χ4v) is 3.23. The molecule has 29 heavy (non-hydrogen) atoms. The van der Waals surface area contributed by atoms with Crippen LogP contribution in [0.25, 0.3) is 5.69 Å². The van der Waals surface area contributed by atoms with E-state index in [9.17, 15) is 9.59 Å². The van der Waals surface area contributed by atoms with Gasteiger partial charge in [-0.05, 0) is 38.5 Å². The lowest BCUT2D eigenvalue weighted by molar-refractivity contribution is -0.134. The Kier molecular flexibility index (Phi) is 6.44. The van der Waals surface area contributed by atoms with E-state index in [1.165, 1.54) is 0 Å². The minimum absolute atomic E-state index is 0.226. The van der Waals surface area contributed by atoms with Crippen molar-refractivity contribution in [3.8, 4) is 5.69 Å². The second-order valence-corrected chi connectivity index (χ2v) is 6.76. The number of nitrogens with zero attached hydrogens (tertiary/aromatic N) is 3. The fraction of sp³-hybridized carbons (Fsp3) is 0.261. The van der Waals surface area contributed by atoms with E-state index < -0.39 is 5.97 Å². The van der Waals surface area contributed by atoms with Gasteiger partial charge in [0.15, 0.2) is 6.61 Å². The van der Waals surface area contributed by atoms with E-state index >= 15 is 0 Å². The molecule has 0 bridgehead atoms. The summed E-state index contributed by atoms with van der Waals surface area (Å²) in [7, 11) is 0. The predicted molar refractivity (Wildman–Crippen MR) is 111 cm³/mol. The Labute approximate surface area is 170 Å². The zero-order valence-corrected chi connectivity index (χ0v) is 17.0. The van der Waals surface area contributed by atoms with Gasteiger partial charge in [-0.2, -0.15) is 5.10 Å². The molecule has 6 heteroatoms. The molecule has 0 saturated carbocycles. The SMILES string of the molecule is CCN(Cc1ccccc1)C(=O)COC(=O)c1c(C)nn(-c2ccccc2)c1C. The summed E-state index contributed by atoms with van der Waals surface area (Å²) in [5.74, 6) is -0.762. The number of hydrogen-bond acceptors (Lipinski definition) is 4. The second kappa shape index (κ2) is 9.19. The van der Waals surface area contributed by atoms with Gasteiger partial charge in [-0.25, -0.2) is 9.48 Å². The number of carbonyl (C=O) groups is 2. The van der Waals surface area contributed by atoms with Crippen molar-refractivity contribution in [3.05, 3.63) is 83.2 Å². The van der Waals surface area contributed by atoms with Gasteiger partial charge in [-0.3, -0.25) is 4.79 Å². The molecule has 0 aliphatic carbocycles. The Bertz CT molecular complexity index is 981. The highest BCUT2D eigenvalue weighted by atomic mass is 16.5. The van der Waals surface area contributed by atoms with Crippen LogP contribution in [-0.2, 0) is 16.1 Å². The Morgan fingerprint density at radius 2 is 1.62 bits per heavy atom. The summed E-state index contributed by atoms with van der Waals surface area (Å²) >= 11 is 0. The van der Waals surface area contributed by atoms with Crippen LogP contribution in [0.3, 0.4) is 0 Å². The largest absolute Gasteiger partial charge is 0.452 e. The van der Waals surface area contributed by atoms with Crippen LogP contribution in [0.1, 0.15) is 34.2 Å². The number of hydrogen-bond donors (Lipinski definition) is 0. The number of likely N-dealkylation sites (N-methyl/N-ethyl adjacent to an activating group) is 1. The number of benzene rings is 2. The van der Waals surface area contributed by atoms with E-state index in [1.54, 1.807) is 16.5 Å². The Balaban J connectivity index is 1.67. The molecular weight excluding hydrogens is 366 g/mol. The summed E-state index contributed by atoms with van der Waals surface area (Å²) in [6.45, 7) is 6.21. The van der Waals surface area contributed by atoms with Gasteiger partial charge in [0.2, 0.25) is 0 Å². The van der Waals surface area contributed by atoms with Gasteiger partial charge in [0.1, 0.15) is 5.56 Å². The van der Waals surface area contributed by atoms with E-state index in [1.807, 2.05) is 74.5 Å². The second-order valence-electron chi connectivity index (χ2n) is 6.76. The molecule has 6 nitrogen and oxygen atoms in total. The van der Waals surface area contributed by atoms with Gasteiger partial charge in [0, 0.05) is 13.1 Å². The van der Waals surface area contributed by atoms with Gasteiger partial charge in [0.05, 0.1) is 17.1 Å². The molecule has 0 fully saturated rings. The lowest BCUT2D eigenvalue weighted by atomic mass is 10.2. The molecule has 1 heterocycles. The lowest BCUT2D eigenvalue weighted by Gasteiger charge is -2.20. The maximum absolute atomic E-state index is 12.7. The number of para-hydroxylation sites is 1. The molecule has 0 spiro atoms. The minimum atomic E-state index is -0.536. The molecule has 150 valence electrons. The lowest BCUT2D eigenvalue weighted by Crippen LogP contribution is -2.34. The highest BCUT2D eigenvalue weighted by Gasteiger charge is 2.22. The standard InChI is InChI=1S/C23H25N3O3/c1-4-25(15-19-11-7-5-8-12-19)21(27)16-29-23(28)22-17(2)24-26(18(22)3)20-13-9-6-10-14-20/h5-14H,4,15-16H2,1-3H3. The first-order valence-electron chi connectivity index (χ1n) is 9.61. The molecule has 0 atom stereocenters. The number of rotatable bonds is 7. The van der Waals surface area contributed by atoms with E-state index in [-0.39, 0.29) is 12.5 Å². The molecule has 3 rings (SSSR count). The molecule has 1 aromatic heterocycles. The minimum Gasteiger partial charge on any atom is -0.452 e. The number of ether oxygens (including phenoxy) is 1. The van der Waals surface area contributed by atoms with Crippen LogP contribution in [0, 0.1) is 13.8 Å². The van der Waals surface area contributed by atoms with Crippen LogP contribution in [0.15, 0.2) is 60.7 Å². The van der Waals surface area contributed by atoms with E-state index in [0.717, 1.165) is 11.3 Å². The first kappa shape index (κ1) is 20.3. The first-order valence-corrected chi connectivity index (χ1v) is 9.61. The van der Waals surface area contributed by atoms with Crippen molar-refractivity contribution in [2.45, 2.75) is 27.3 Å². The molecule has 3 aromatic rings. The molecule has 0 saturated heterocycles. The van der Waals surface area contributed by atoms with Crippen molar-refractivity contribution in [1.82, 2.24) is 14.7 Å². The van der Waals surface area contributed by atoms with Gasteiger partial charge in [0.25, 0.3) is 5.91 Å². The third-order valence-electron chi connectivity index (χ3n) is 4.77. The predicted octanol–water partition coefficient (Wildman–Crippen LogP) is 3.69. The maximum atomic E-state index is 12.7. The van der Waals surface area contributed by atoms with Crippen molar-refractivity contribution < 1.29 is 14.3 Å². The summed E-state index contributed by atoms with van der Waals surface area (Å²) in [5.41, 5.74) is 3.55. The van der Waals surface area contributed by atoms with E-state index in [0.29, 0.717) is 30.0 Å². The fourth-order valence-electron chi connectivity index (χ4n) is 3.23. The molecule has 0 radical (unpaired) electrons. The Morgan fingerprint density at radius 3 is 2.24 bits per heavy atom. The summed E-state index contributed by atoms with van der Waals surface area (Å²) in [6, 6.07) is 19.3. The average molecular weight is 391 g/mol. The van der Waals surface area contributed by atoms with Gasteiger partial charge in [-0.15, -0.1) is 0 Å². The molecule has 1 amide bonds. The number of amides is 1. The molecule has 0 unspecified atom stereocenters. The van der Waals surface area contributed by atoms with E-state index in [2.05, 4.69) is 5.10 Å². The zero-order chi connectivity index (χ0) is 20.8. The third kappa shape index (κ3) is 4.71. The van der Waals surface area contributed by atoms with Crippen molar-refractivity contribution >= 4 is 11.9 Å². The molecular formula is C23H25N3O3. The summed E-state index contributed by atoms with van der Waals surface area (Å²) < 4.78 is 7.05. The highest BCUT2D eigenvalue weighted by molar-refractivity contribution is 5.93. The number of esters is 1. The van der Waals surface area contributed by atoms with Crippen LogP contribution >= 0.6 is 0 Å². The van der Waals surface area contributed by atoms with Crippen molar-refractivity contribution in [2.24, 2.45) is 0 Å². The van der Waals surface area contributed by atoms with Crippen LogP contribution < -0.4 is 0 Å². The molecule has 0 aliphatic rings. The van der Waals surface area contributed by atoms with Crippen molar-refractivity contribution in [3.63, 3.8) is 0 Å². The summed E-state index contributed by atoms with van der Waals surface area (Å²) in [6.07, 6.45) is 0. The Morgan fingerprint density at radius 1 is 1.00 bits per heavy atom. The van der Waals surface area contributed by atoms with Gasteiger partial charge >= 0.3 is 5.97 Å². The van der Waals surface area contributed by atoms with Gasteiger partial charge < -0.3 is 9.64 Å². The summed E-state index contributed by atoms with van der Waals surface area (Å²) in [4.78, 5) is 26.9. The number of aromatic nitrogens is 2. The van der Waals surface area contributed by atoms with Crippen LogP contribution in [0.2, 0.25) is 0 Å². The van der Waals surface area contributed by atoms with Crippen LogP contribution in [0.5, 0.6) is 0 Å². The molecule has 0 N–H and O–H groups in total. The normalized spacial score (nSPS) is 10.6. The maximum Gasteiger partial charge on any atom is 0.342 e. The van der Waals surface area contributed by atoms with Crippen LogP contribution in [-0.4, -0.2) is 39.7 Å². The van der Waals surface area contributed by atoms with E-state index in [4.69, 9.17) is 4.74 Å². The summed E-state index contributed by atoms with van der Waals surface area (Å²) in [5, 5.41) is 4.46. The van der Waals surface area contributed by atoms with Crippen LogP contribution in [0.4, 0.5) is 0 Å². The number of carbonyl (C=O) groups excluding carboxylic acids is 2. The highest BCUT2D eigenvalue weighted by Crippen LogP contribution is 2.19. The number of aryl methyl sites for hydroxylation is 1. The first-order chi connectivity index (χ1) is 14.0. The zero-order valence-electron chi connectivity index (χ0n) is 17.0. The average Bonchev–Trinajstić information content (AvgIpc) is 3.05. The Hall–Kier alpha value is -3.41. The van der Waals surface area contributed by atoms with Crippen molar-refractivity contribution in [2.75, 3.05) is 13.2 Å². The third-order valence-corrected chi connectivity index (χ3v) is 4.77. The smallest absolute Gasteiger partial charge is 0.342 e. The molecule has 2 aromatic carbocycles. The van der Waals surface area contributed by atoms with Crippen molar-refractivity contribution in [1.29, 1.82) is 0 Å². The monoisotopic (exact) mass is 391 g/mol. The quantitative estimate of drug-likeness (QED) is 0.576. The molecule has 0 aliphatic heterocycles. The van der Waals surface area contributed by atoms with Gasteiger partial charge in [-0.1, -0.05) is 48.5 Å².